The van der Waals surface area contributed by atoms with E-state index in [-0.39, 0.29) is 17.6 Å². The van der Waals surface area contributed by atoms with E-state index in [4.69, 9.17) is 14.2 Å². The summed E-state index contributed by atoms with van der Waals surface area (Å²) in [5.41, 5.74) is 6.12. The molecule has 0 aromatic heterocycles. The molecule has 2 rings (SSSR count). The van der Waals surface area contributed by atoms with Crippen LogP contribution < -0.4 is 0 Å². The molecule has 0 spiro atoms. The Balaban J connectivity index is 2.86. The van der Waals surface area contributed by atoms with Crippen molar-refractivity contribution in [3.8, 4) is 0 Å². The van der Waals surface area contributed by atoms with Crippen LogP contribution >= 0.6 is 0 Å². The summed E-state index contributed by atoms with van der Waals surface area (Å²) in [4.78, 5) is 23.4. The van der Waals surface area contributed by atoms with Crippen LogP contribution in [0, 0.1) is 23.0 Å². The van der Waals surface area contributed by atoms with E-state index in [9.17, 15) is 14.9 Å². The smallest absolute Gasteiger partial charge is 0.337 e. The van der Waals surface area contributed by atoms with E-state index in [0.717, 1.165) is 47.9 Å². The number of nitro benzene ring substituents is 1. The van der Waals surface area contributed by atoms with Gasteiger partial charge in [-0.25, -0.2) is 4.79 Å². The van der Waals surface area contributed by atoms with Gasteiger partial charge < -0.3 is 14.2 Å². The zero-order valence-electron chi connectivity index (χ0n) is 21.8. The number of nitro groups is 1. The van der Waals surface area contributed by atoms with Crippen LogP contribution in [-0.4, -0.2) is 32.2 Å². The Labute approximate surface area is 208 Å². The van der Waals surface area contributed by atoms with Crippen LogP contribution in [-0.2, 0) is 14.2 Å². The number of esters is 1. The molecule has 35 heavy (non-hydrogen) atoms. The van der Waals surface area contributed by atoms with Gasteiger partial charge in [0.15, 0.2) is 6.29 Å². The lowest BCUT2D eigenvalue weighted by Gasteiger charge is -2.24. The highest BCUT2D eigenvalue weighted by atomic mass is 16.7. The van der Waals surface area contributed by atoms with E-state index < -0.39 is 11.2 Å². The van der Waals surface area contributed by atoms with E-state index in [1.807, 2.05) is 31.2 Å². The first-order chi connectivity index (χ1) is 16.7. The Morgan fingerprint density at radius 1 is 1.00 bits per heavy atom. The molecule has 0 aliphatic rings. The number of allylic oxidation sites excluding steroid dienone is 2. The molecule has 0 saturated carbocycles. The average molecular weight is 484 g/mol. The Kier molecular flexibility index (Phi) is 10.6. The van der Waals surface area contributed by atoms with Crippen molar-refractivity contribution in [3.63, 3.8) is 0 Å². The van der Waals surface area contributed by atoms with Crippen molar-refractivity contribution in [3.05, 3.63) is 74.3 Å². The van der Waals surface area contributed by atoms with E-state index in [1.165, 1.54) is 33.0 Å². The van der Waals surface area contributed by atoms with Gasteiger partial charge in [0.2, 0.25) is 0 Å². The first kappa shape index (κ1) is 28.2. The molecule has 0 aliphatic carbocycles. The third-order valence-corrected chi connectivity index (χ3v) is 6.23. The molecule has 0 fully saturated rings. The summed E-state index contributed by atoms with van der Waals surface area (Å²) in [5, 5.41) is 11.7. The average Bonchev–Trinajstić information content (AvgIpc) is 2.84. The molecule has 7 heteroatoms. The Bertz CT molecular complexity index is 1070. The molecule has 2 aromatic rings. The van der Waals surface area contributed by atoms with Gasteiger partial charge in [-0.05, 0) is 77.8 Å². The van der Waals surface area contributed by atoms with Crippen molar-refractivity contribution >= 4 is 22.8 Å². The number of hydrogen-bond acceptors (Lipinski definition) is 6. The highest BCUT2D eigenvalue weighted by Gasteiger charge is 2.25. The highest BCUT2D eigenvalue weighted by Crippen LogP contribution is 2.40. The lowest BCUT2D eigenvalue weighted by atomic mass is 9.81. The molecule has 2 aromatic carbocycles. The highest BCUT2D eigenvalue weighted by molar-refractivity contribution is 5.95. The molecule has 0 saturated heterocycles. The minimum atomic E-state index is -0.851. The standard InChI is InChI=1S/C28H37NO6/c1-8-10-18(3)26(22-14-12-21(16-19(22)4)27(30)33-5)23(11-9-2)20-13-15-25(29(31)32)24(17-20)28(34-6)35-7/h12-18,28H,8-11H2,1-7H3/b26-23+. The number of carbonyl (C=O) groups excluding carboxylic acids is 1. The zero-order valence-corrected chi connectivity index (χ0v) is 21.8. The van der Waals surface area contributed by atoms with E-state index in [2.05, 4.69) is 20.8 Å². The zero-order chi connectivity index (χ0) is 26.1. The second kappa shape index (κ2) is 13.2. The molecule has 0 aliphatic heterocycles. The summed E-state index contributed by atoms with van der Waals surface area (Å²) in [6, 6.07) is 10.8. The molecular formula is C28H37NO6. The number of ether oxygens (including phenoxy) is 3. The van der Waals surface area contributed by atoms with Gasteiger partial charge in [-0.3, -0.25) is 10.1 Å². The summed E-state index contributed by atoms with van der Waals surface area (Å²) < 4.78 is 15.7. The quantitative estimate of drug-likeness (QED) is 0.105. The van der Waals surface area contributed by atoms with Crippen LogP contribution in [0.5, 0.6) is 0 Å². The Morgan fingerprint density at radius 2 is 1.66 bits per heavy atom. The van der Waals surface area contributed by atoms with Crippen molar-refractivity contribution in [2.24, 2.45) is 5.92 Å². The van der Waals surface area contributed by atoms with Gasteiger partial charge in [-0.15, -0.1) is 0 Å². The molecule has 1 atom stereocenters. The second-order valence-corrected chi connectivity index (χ2v) is 8.69. The summed E-state index contributed by atoms with van der Waals surface area (Å²) in [6.45, 7) is 8.49. The number of nitrogens with zero attached hydrogens (tertiary/aromatic N) is 1. The third kappa shape index (κ3) is 6.55. The van der Waals surface area contributed by atoms with Gasteiger partial charge in [-0.1, -0.05) is 39.7 Å². The molecule has 0 bridgehead atoms. The maximum absolute atomic E-state index is 12.1. The Hall–Kier alpha value is -3.03. The van der Waals surface area contributed by atoms with Gasteiger partial charge in [0.05, 0.1) is 23.2 Å². The molecule has 0 N–H and O–H groups in total. The van der Waals surface area contributed by atoms with Crippen molar-refractivity contribution in [1.82, 2.24) is 0 Å². The SMILES string of the molecule is CCC/C(=C(\c1ccc(C(=O)OC)cc1C)C(C)CCC)c1ccc([N+](=O)[O-])c(C(OC)OC)c1. The second-order valence-electron chi connectivity index (χ2n) is 8.69. The Morgan fingerprint density at radius 3 is 2.17 bits per heavy atom. The first-order valence-electron chi connectivity index (χ1n) is 12.0. The number of aryl methyl sites for hydroxylation is 1. The van der Waals surface area contributed by atoms with Crippen molar-refractivity contribution in [1.29, 1.82) is 0 Å². The number of rotatable bonds is 12. The van der Waals surface area contributed by atoms with Crippen LogP contribution in [0.2, 0.25) is 0 Å². The van der Waals surface area contributed by atoms with Crippen LogP contribution in [0.25, 0.3) is 11.1 Å². The van der Waals surface area contributed by atoms with Gasteiger partial charge in [0.25, 0.3) is 5.69 Å². The molecule has 7 nitrogen and oxygen atoms in total. The maximum Gasteiger partial charge on any atom is 0.337 e. The minimum Gasteiger partial charge on any atom is -0.465 e. The van der Waals surface area contributed by atoms with Crippen LogP contribution in [0.4, 0.5) is 5.69 Å². The molecule has 190 valence electrons. The number of methoxy groups -OCH3 is 3. The molecule has 1 unspecified atom stereocenters. The fourth-order valence-corrected chi connectivity index (χ4v) is 4.65. The van der Waals surface area contributed by atoms with Crippen molar-refractivity contribution in [2.75, 3.05) is 21.3 Å². The normalized spacial score (nSPS) is 12.9. The number of hydrogen-bond donors (Lipinski definition) is 0. The van der Waals surface area contributed by atoms with Crippen molar-refractivity contribution < 1.29 is 23.9 Å². The van der Waals surface area contributed by atoms with Crippen LogP contribution in [0.3, 0.4) is 0 Å². The summed E-state index contributed by atoms with van der Waals surface area (Å²) in [6.07, 6.45) is 2.85. The van der Waals surface area contributed by atoms with Gasteiger partial charge in [0, 0.05) is 20.3 Å². The van der Waals surface area contributed by atoms with E-state index in [1.54, 1.807) is 6.07 Å². The summed E-state index contributed by atoms with van der Waals surface area (Å²) in [5.74, 6) is -0.130. The lowest BCUT2D eigenvalue weighted by Crippen LogP contribution is -2.09. The number of benzene rings is 2. The van der Waals surface area contributed by atoms with Crippen LogP contribution in [0.1, 0.15) is 85.4 Å². The molecule has 0 radical (unpaired) electrons. The lowest BCUT2D eigenvalue weighted by molar-refractivity contribution is -0.387. The monoisotopic (exact) mass is 483 g/mol. The van der Waals surface area contributed by atoms with Gasteiger partial charge in [-0.2, -0.15) is 0 Å². The predicted molar refractivity (Wildman–Crippen MR) is 138 cm³/mol. The summed E-state index contributed by atoms with van der Waals surface area (Å²) in [7, 11) is 4.31. The molecule has 0 heterocycles. The number of carbonyl (C=O) groups is 1. The largest absolute Gasteiger partial charge is 0.465 e. The fraction of sp³-hybridized carbons (Fsp3) is 0.464. The predicted octanol–water partition coefficient (Wildman–Crippen LogP) is 7.13. The third-order valence-electron chi connectivity index (χ3n) is 6.23. The maximum atomic E-state index is 12.1. The van der Waals surface area contributed by atoms with Crippen LogP contribution in [0.15, 0.2) is 36.4 Å². The molecular weight excluding hydrogens is 446 g/mol. The first-order valence-corrected chi connectivity index (χ1v) is 12.0. The minimum absolute atomic E-state index is 0.0416. The van der Waals surface area contributed by atoms with Gasteiger partial charge in [0.1, 0.15) is 0 Å². The topological polar surface area (TPSA) is 87.9 Å². The van der Waals surface area contributed by atoms with E-state index in [0.29, 0.717) is 11.1 Å². The molecule has 0 amide bonds. The fourth-order valence-electron chi connectivity index (χ4n) is 4.65. The summed E-state index contributed by atoms with van der Waals surface area (Å²) >= 11 is 0. The van der Waals surface area contributed by atoms with Crippen molar-refractivity contribution in [2.45, 2.75) is 59.7 Å². The van der Waals surface area contributed by atoms with Gasteiger partial charge >= 0.3 is 5.97 Å². The van der Waals surface area contributed by atoms with E-state index >= 15 is 0 Å².